The highest BCUT2D eigenvalue weighted by Gasteiger charge is 2.14. The molecule has 0 aliphatic heterocycles. The summed E-state index contributed by atoms with van der Waals surface area (Å²) in [5.74, 6) is 0.891. The van der Waals surface area contributed by atoms with Crippen LogP contribution < -0.4 is 10.6 Å². The summed E-state index contributed by atoms with van der Waals surface area (Å²) in [5.41, 5.74) is 4.14. The van der Waals surface area contributed by atoms with Crippen LogP contribution in [-0.4, -0.2) is 48.0 Å². The predicted molar refractivity (Wildman–Crippen MR) is 118 cm³/mol. The first kappa shape index (κ1) is 20.5. The Hall–Kier alpha value is -3.25. The average molecular weight is 390 g/mol. The fourth-order valence-corrected chi connectivity index (χ4v) is 3.02. The number of aryl methyl sites for hydroxylation is 2. The highest BCUT2D eigenvalue weighted by molar-refractivity contribution is 6.03. The van der Waals surface area contributed by atoms with E-state index in [4.69, 9.17) is 0 Å². The maximum Gasteiger partial charge on any atom is 0.274 e. The SMILES string of the molecule is Cc1cc(C)cc(NC(=O)c2cc(NCCN(C)C)nc(-c3ccccc3)n2)c1. The zero-order valence-electron chi connectivity index (χ0n) is 17.4. The van der Waals surface area contributed by atoms with Crippen molar-refractivity contribution in [1.82, 2.24) is 14.9 Å². The Kier molecular flexibility index (Phi) is 6.57. The minimum Gasteiger partial charge on any atom is -0.369 e. The normalized spacial score (nSPS) is 10.8. The van der Waals surface area contributed by atoms with E-state index in [1.807, 2.05) is 70.4 Å². The zero-order chi connectivity index (χ0) is 20.8. The maximum atomic E-state index is 12.9. The molecule has 3 rings (SSSR count). The Labute approximate surface area is 172 Å². The maximum absolute atomic E-state index is 12.9. The van der Waals surface area contributed by atoms with Gasteiger partial charge in [0.2, 0.25) is 0 Å². The van der Waals surface area contributed by atoms with Gasteiger partial charge in [0, 0.05) is 30.4 Å². The Morgan fingerprint density at radius 2 is 1.66 bits per heavy atom. The Balaban J connectivity index is 1.90. The third-order valence-corrected chi connectivity index (χ3v) is 4.34. The molecule has 29 heavy (non-hydrogen) atoms. The second kappa shape index (κ2) is 9.30. The fourth-order valence-electron chi connectivity index (χ4n) is 3.02. The van der Waals surface area contributed by atoms with Crippen LogP contribution in [0.1, 0.15) is 21.6 Å². The number of likely N-dealkylation sites (N-methyl/N-ethyl adjacent to an activating group) is 1. The van der Waals surface area contributed by atoms with E-state index in [1.165, 1.54) is 0 Å². The molecule has 0 unspecified atom stereocenters. The third-order valence-electron chi connectivity index (χ3n) is 4.34. The lowest BCUT2D eigenvalue weighted by Crippen LogP contribution is -2.22. The summed E-state index contributed by atoms with van der Waals surface area (Å²) in [6.45, 7) is 5.59. The summed E-state index contributed by atoms with van der Waals surface area (Å²) in [4.78, 5) is 24.1. The number of benzene rings is 2. The van der Waals surface area contributed by atoms with Gasteiger partial charge in [-0.1, -0.05) is 36.4 Å². The molecule has 3 aromatic rings. The number of hydrogen-bond donors (Lipinski definition) is 2. The van der Waals surface area contributed by atoms with Crippen molar-refractivity contribution < 1.29 is 4.79 Å². The average Bonchev–Trinajstić information content (AvgIpc) is 2.67. The van der Waals surface area contributed by atoms with Crippen LogP contribution >= 0.6 is 0 Å². The van der Waals surface area contributed by atoms with Crippen molar-refractivity contribution in [2.24, 2.45) is 0 Å². The molecule has 2 N–H and O–H groups in total. The number of carbonyl (C=O) groups is 1. The van der Waals surface area contributed by atoms with E-state index in [-0.39, 0.29) is 5.91 Å². The number of nitrogens with zero attached hydrogens (tertiary/aromatic N) is 3. The summed E-state index contributed by atoms with van der Waals surface area (Å²) >= 11 is 0. The van der Waals surface area contributed by atoms with Crippen LogP contribution in [0.4, 0.5) is 11.5 Å². The van der Waals surface area contributed by atoms with Gasteiger partial charge in [-0.2, -0.15) is 0 Å². The fraction of sp³-hybridized carbons (Fsp3) is 0.261. The Morgan fingerprint density at radius 3 is 2.31 bits per heavy atom. The van der Waals surface area contributed by atoms with Gasteiger partial charge in [0.25, 0.3) is 5.91 Å². The van der Waals surface area contributed by atoms with Crippen molar-refractivity contribution in [3.63, 3.8) is 0 Å². The molecule has 0 fully saturated rings. The molecule has 1 heterocycles. The number of rotatable bonds is 7. The van der Waals surface area contributed by atoms with Crippen LogP contribution in [0.25, 0.3) is 11.4 Å². The molecule has 1 aromatic heterocycles. The molecule has 6 heteroatoms. The molecular weight excluding hydrogens is 362 g/mol. The number of aromatic nitrogens is 2. The van der Waals surface area contributed by atoms with E-state index in [1.54, 1.807) is 6.07 Å². The highest BCUT2D eigenvalue weighted by Crippen LogP contribution is 2.19. The third kappa shape index (κ3) is 5.86. The molecule has 0 aliphatic carbocycles. The van der Waals surface area contributed by atoms with Crippen LogP contribution in [-0.2, 0) is 0 Å². The Morgan fingerprint density at radius 1 is 0.966 bits per heavy atom. The highest BCUT2D eigenvalue weighted by atomic mass is 16.1. The van der Waals surface area contributed by atoms with Crippen molar-refractivity contribution >= 4 is 17.4 Å². The quantitative estimate of drug-likeness (QED) is 0.639. The molecular formula is C23H27N5O. The van der Waals surface area contributed by atoms with E-state index in [2.05, 4.69) is 31.6 Å². The molecule has 0 saturated heterocycles. The number of anilines is 2. The number of nitrogens with one attached hydrogen (secondary N) is 2. The molecule has 0 atom stereocenters. The minimum atomic E-state index is -0.259. The van der Waals surface area contributed by atoms with Gasteiger partial charge in [-0.05, 0) is 51.2 Å². The van der Waals surface area contributed by atoms with Gasteiger partial charge in [-0.3, -0.25) is 4.79 Å². The topological polar surface area (TPSA) is 70.2 Å². The molecule has 0 aliphatic rings. The molecule has 0 radical (unpaired) electrons. The Bertz CT molecular complexity index is 966. The van der Waals surface area contributed by atoms with Gasteiger partial charge >= 0.3 is 0 Å². The number of hydrogen-bond acceptors (Lipinski definition) is 5. The second-order valence-corrected chi connectivity index (χ2v) is 7.39. The summed E-state index contributed by atoms with van der Waals surface area (Å²) in [6, 6.07) is 17.3. The lowest BCUT2D eigenvalue weighted by molar-refractivity contribution is 0.102. The van der Waals surface area contributed by atoms with Gasteiger partial charge in [-0.25, -0.2) is 9.97 Å². The molecule has 1 amide bonds. The van der Waals surface area contributed by atoms with Crippen molar-refractivity contribution in [3.8, 4) is 11.4 Å². The molecule has 2 aromatic carbocycles. The molecule has 0 bridgehead atoms. The van der Waals surface area contributed by atoms with Crippen molar-refractivity contribution in [1.29, 1.82) is 0 Å². The standard InChI is InChI=1S/C23H27N5O/c1-16-12-17(2)14-19(13-16)25-23(29)20-15-21(24-10-11-28(3)4)27-22(26-20)18-8-6-5-7-9-18/h5-9,12-15H,10-11H2,1-4H3,(H,25,29)(H,24,26,27). The van der Waals surface area contributed by atoms with E-state index in [0.29, 0.717) is 17.3 Å². The monoisotopic (exact) mass is 389 g/mol. The smallest absolute Gasteiger partial charge is 0.274 e. The van der Waals surface area contributed by atoms with Crippen LogP contribution in [0.2, 0.25) is 0 Å². The van der Waals surface area contributed by atoms with Crippen LogP contribution in [0.15, 0.2) is 54.6 Å². The first-order valence-corrected chi connectivity index (χ1v) is 9.63. The van der Waals surface area contributed by atoms with Gasteiger partial charge in [-0.15, -0.1) is 0 Å². The van der Waals surface area contributed by atoms with E-state index in [0.717, 1.165) is 35.5 Å². The van der Waals surface area contributed by atoms with Gasteiger partial charge in [0.15, 0.2) is 5.82 Å². The van der Waals surface area contributed by atoms with Gasteiger partial charge in [0.05, 0.1) is 0 Å². The summed E-state index contributed by atoms with van der Waals surface area (Å²) in [6.07, 6.45) is 0. The first-order chi connectivity index (χ1) is 13.9. The summed E-state index contributed by atoms with van der Waals surface area (Å²) < 4.78 is 0. The van der Waals surface area contributed by atoms with Gasteiger partial charge in [0.1, 0.15) is 11.5 Å². The van der Waals surface area contributed by atoms with Crippen LogP contribution in [0.5, 0.6) is 0 Å². The molecule has 6 nitrogen and oxygen atoms in total. The predicted octanol–water partition coefficient (Wildman–Crippen LogP) is 3.99. The molecule has 0 spiro atoms. The lowest BCUT2D eigenvalue weighted by Gasteiger charge is -2.13. The zero-order valence-corrected chi connectivity index (χ0v) is 17.4. The van der Waals surface area contributed by atoms with Gasteiger partial charge < -0.3 is 15.5 Å². The number of carbonyl (C=O) groups excluding carboxylic acids is 1. The van der Waals surface area contributed by atoms with Crippen molar-refractivity contribution in [2.45, 2.75) is 13.8 Å². The minimum absolute atomic E-state index is 0.259. The lowest BCUT2D eigenvalue weighted by atomic mass is 10.1. The largest absolute Gasteiger partial charge is 0.369 e. The van der Waals surface area contributed by atoms with Crippen molar-refractivity contribution in [2.75, 3.05) is 37.8 Å². The molecule has 0 saturated carbocycles. The summed E-state index contributed by atoms with van der Waals surface area (Å²) in [5, 5.41) is 6.25. The van der Waals surface area contributed by atoms with E-state index < -0.39 is 0 Å². The van der Waals surface area contributed by atoms with Crippen LogP contribution in [0, 0.1) is 13.8 Å². The second-order valence-electron chi connectivity index (χ2n) is 7.39. The summed E-state index contributed by atoms with van der Waals surface area (Å²) in [7, 11) is 4.03. The van der Waals surface area contributed by atoms with Crippen LogP contribution in [0.3, 0.4) is 0 Å². The van der Waals surface area contributed by atoms with E-state index >= 15 is 0 Å². The molecule has 150 valence electrons. The first-order valence-electron chi connectivity index (χ1n) is 9.63. The number of amides is 1. The van der Waals surface area contributed by atoms with Crippen molar-refractivity contribution in [3.05, 3.63) is 71.4 Å². The van der Waals surface area contributed by atoms with E-state index in [9.17, 15) is 4.79 Å².